The van der Waals surface area contributed by atoms with Crippen molar-refractivity contribution in [1.82, 2.24) is 4.90 Å². The first-order chi connectivity index (χ1) is 10.7. The predicted molar refractivity (Wildman–Crippen MR) is 89.9 cm³/mol. The van der Waals surface area contributed by atoms with Gasteiger partial charge in [-0.3, -0.25) is 0 Å². The molecular formula is C20H29NO. The third kappa shape index (κ3) is 2.41. The Bertz CT molecular complexity index is 505. The first kappa shape index (κ1) is 14.7. The highest BCUT2D eigenvalue weighted by molar-refractivity contribution is 5.30. The van der Waals surface area contributed by atoms with E-state index in [1.165, 1.54) is 62.9 Å². The van der Waals surface area contributed by atoms with Crippen molar-refractivity contribution in [3.05, 3.63) is 35.4 Å². The fourth-order valence-electron chi connectivity index (χ4n) is 5.08. The van der Waals surface area contributed by atoms with Crippen LogP contribution in [0.4, 0.5) is 0 Å². The number of piperidine rings is 1. The fraction of sp³-hybridized carbons (Fsp3) is 0.700. The second-order valence-electron chi connectivity index (χ2n) is 7.85. The minimum atomic E-state index is -0.0357. The van der Waals surface area contributed by atoms with Gasteiger partial charge in [-0.15, -0.1) is 0 Å². The number of methoxy groups -OCH3 is 1. The second-order valence-corrected chi connectivity index (χ2v) is 7.85. The normalized spacial score (nSPS) is 35.5. The molecule has 2 atom stereocenters. The molecule has 1 aliphatic heterocycles. The number of aryl methyl sites for hydroxylation is 1. The molecule has 0 radical (unpaired) electrons. The Morgan fingerprint density at radius 3 is 2.23 bits per heavy atom. The van der Waals surface area contributed by atoms with Crippen LogP contribution >= 0.6 is 0 Å². The maximum absolute atomic E-state index is 6.31. The molecule has 2 heteroatoms. The molecule has 1 aromatic rings. The molecule has 4 rings (SSSR count). The van der Waals surface area contributed by atoms with Crippen molar-refractivity contribution < 1.29 is 4.74 Å². The van der Waals surface area contributed by atoms with Gasteiger partial charge < -0.3 is 9.64 Å². The summed E-state index contributed by atoms with van der Waals surface area (Å²) in [6.45, 7) is 5.96. The van der Waals surface area contributed by atoms with Gasteiger partial charge in [0.15, 0.2) is 0 Å². The standard InChI is InChI=1S/C20H29NO/c1-15-6-10-17(11-7-15)20(22-2)18-4-3-5-19(20)14-21(13-18)12-16-8-9-16/h6-7,10-11,16,18-19H,3-5,8-9,12-14H2,1-2H3. The lowest BCUT2D eigenvalue weighted by atomic mass is 9.62. The molecule has 2 saturated carbocycles. The molecular weight excluding hydrogens is 270 g/mol. The molecule has 22 heavy (non-hydrogen) atoms. The Hall–Kier alpha value is -0.860. The summed E-state index contributed by atoms with van der Waals surface area (Å²) in [7, 11) is 1.95. The van der Waals surface area contributed by atoms with Crippen molar-refractivity contribution in [3.63, 3.8) is 0 Å². The van der Waals surface area contributed by atoms with Gasteiger partial charge in [0.25, 0.3) is 0 Å². The largest absolute Gasteiger partial charge is 0.373 e. The Balaban J connectivity index is 1.64. The van der Waals surface area contributed by atoms with Gasteiger partial charge in [-0.25, -0.2) is 0 Å². The first-order valence-electron chi connectivity index (χ1n) is 9.07. The number of nitrogens with zero attached hydrogens (tertiary/aromatic N) is 1. The van der Waals surface area contributed by atoms with Crippen LogP contribution in [0.2, 0.25) is 0 Å². The summed E-state index contributed by atoms with van der Waals surface area (Å²) >= 11 is 0. The molecule has 1 heterocycles. The molecule has 2 bridgehead atoms. The van der Waals surface area contributed by atoms with Crippen LogP contribution in [0.25, 0.3) is 0 Å². The lowest BCUT2D eigenvalue weighted by Crippen LogP contribution is -2.59. The molecule has 0 aromatic heterocycles. The topological polar surface area (TPSA) is 12.5 Å². The fourth-order valence-corrected chi connectivity index (χ4v) is 5.08. The molecule has 0 N–H and O–H groups in total. The first-order valence-corrected chi connectivity index (χ1v) is 9.07. The van der Waals surface area contributed by atoms with Gasteiger partial charge in [0.1, 0.15) is 5.60 Å². The van der Waals surface area contributed by atoms with Crippen LogP contribution in [-0.2, 0) is 10.3 Å². The Morgan fingerprint density at radius 1 is 1.05 bits per heavy atom. The summed E-state index contributed by atoms with van der Waals surface area (Å²) in [6.07, 6.45) is 6.93. The molecule has 0 amide bonds. The number of benzene rings is 1. The van der Waals surface area contributed by atoms with Crippen molar-refractivity contribution in [2.45, 2.75) is 44.6 Å². The van der Waals surface area contributed by atoms with E-state index >= 15 is 0 Å². The zero-order valence-electron chi connectivity index (χ0n) is 14.1. The predicted octanol–water partition coefficient (Wildman–Crippen LogP) is 3.98. The highest BCUT2D eigenvalue weighted by Gasteiger charge is 2.53. The molecule has 2 nitrogen and oxygen atoms in total. The van der Waals surface area contributed by atoms with E-state index in [4.69, 9.17) is 4.74 Å². The summed E-state index contributed by atoms with van der Waals surface area (Å²) in [6, 6.07) is 9.15. The van der Waals surface area contributed by atoms with Crippen molar-refractivity contribution in [3.8, 4) is 0 Å². The molecule has 1 aromatic carbocycles. The number of hydrogen-bond donors (Lipinski definition) is 0. The van der Waals surface area contributed by atoms with Crippen LogP contribution < -0.4 is 0 Å². The zero-order valence-corrected chi connectivity index (χ0v) is 14.1. The SMILES string of the molecule is COC1(c2ccc(C)cc2)C2CCCC1CN(CC1CC1)C2. The molecule has 0 spiro atoms. The Kier molecular flexibility index (Phi) is 3.78. The van der Waals surface area contributed by atoms with Crippen molar-refractivity contribution in [2.24, 2.45) is 17.8 Å². The quantitative estimate of drug-likeness (QED) is 0.834. The highest BCUT2D eigenvalue weighted by Crippen LogP contribution is 2.51. The van der Waals surface area contributed by atoms with Gasteiger partial charge in [-0.05, 0) is 44.1 Å². The highest BCUT2D eigenvalue weighted by atomic mass is 16.5. The van der Waals surface area contributed by atoms with Crippen LogP contribution in [0.1, 0.15) is 43.2 Å². The molecule has 2 unspecified atom stereocenters. The summed E-state index contributed by atoms with van der Waals surface area (Å²) < 4.78 is 6.31. The monoisotopic (exact) mass is 299 g/mol. The van der Waals surface area contributed by atoms with Crippen molar-refractivity contribution in [1.29, 1.82) is 0 Å². The van der Waals surface area contributed by atoms with E-state index in [0.717, 1.165) is 5.92 Å². The van der Waals surface area contributed by atoms with Gasteiger partial charge in [0.05, 0.1) is 0 Å². The van der Waals surface area contributed by atoms with Crippen LogP contribution in [0.5, 0.6) is 0 Å². The van der Waals surface area contributed by atoms with E-state index < -0.39 is 0 Å². The van der Waals surface area contributed by atoms with Crippen molar-refractivity contribution >= 4 is 0 Å². The van der Waals surface area contributed by atoms with E-state index in [1.54, 1.807) is 0 Å². The summed E-state index contributed by atoms with van der Waals surface area (Å²) in [5.41, 5.74) is 2.72. The number of fused-ring (bicyclic) bond motifs is 2. The number of rotatable bonds is 4. The number of hydrogen-bond acceptors (Lipinski definition) is 2. The summed E-state index contributed by atoms with van der Waals surface area (Å²) in [4.78, 5) is 2.75. The Labute approximate surface area is 134 Å². The molecule has 3 aliphatic rings. The average Bonchev–Trinajstić information content (AvgIpc) is 3.31. The smallest absolute Gasteiger partial charge is 0.101 e. The lowest BCUT2D eigenvalue weighted by Gasteiger charge is -2.55. The minimum Gasteiger partial charge on any atom is -0.373 e. The molecule has 3 fully saturated rings. The zero-order chi connectivity index (χ0) is 15.2. The minimum absolute atomic E-state index is 0.0357. The van der Waals surface area contributed by atoms with Crippen LogP contribution in [-0.4, -0.2) is 31.6 Å². The number of likely N-dealkylation sites (tertiary alicyclic amines) is 1. The van der Waals surface area contributed by atoms with E-state index in [1.807, 2.05) is 7.11 Å². The van der Waals surface area contributed by atoms with Crippen molar-refractivity contribution in [2.75, 3.05) is 26.7 Å². The van der Waals surface area contributed by atoms with Gasteiger partial charge in [-0.1, -0.05) is 36.2 Å². The molecule has 120 valence electrons. The summed E-state index contributed by atoms with van der Waals surface area (Å²) in [5, 5.41) is 0. The number of ether oxygens (including phenoxy) is 1. The van der Waals surface area contributed by atoms with Gasteiger partial charge in [0.2, 0.25) is 0 Å². The van der Waals surface area contributed by atoms with E-state index in [2.05, 4.69) is 36.1 Å². The van der Waals surface area contributed by atoms with Gasteiger partial charge in [0, 0.05) is 38.6 Å². The Morgan fingerprint density at radius 2 is 1.68 bits per heavy atom. The third-order valence-corrected chi connectivity index (χ3v) is 6.33. The maximum Gasteiger partial charge on any atom is 0.101 e. The molecule has 1 saturated heterocycles. The van der Waals surface area contributed by atoms with Crippen LogP contribution in [0.3, 0.4) is 0 Å². The molecule has 2 aliphatic carbocycles. The van der Waals surface area contributed by atoms with E-state index in [0.29, 0.717) is 11.8 Å². The lowest BCUT2D eigenvalue weighted by molar-refractivity contribution is -0.169. The van der Waals surface area contributed by atoms with E-state index in [9.17, 15) is 0 Å². The van der Waals surface area contributed by atoms with Gasteiger partial charge in [-0.2, -0.15) is 0 Å². The average molecular weight is 299 g/mol. The van der Waals surface area contributed by atoms with Gasteiger partial charge >= 0.3 is 0 Å². The van der Waals surface area contributed by atoms with Crippen LogP contribution in [0.15, 0.2) is 24.3 Å². The second kappa shape index (κ2) is 5.65. The van der Waals surface area contributed by atoms with E-state index in [-0.39, 0.29) is 5.60 Å². The van der Waals surface area contributed by atoms with Crippen LogP contribution in [0, 0.1) is 24.7 Å². The maximum atomic E-state index is 6.31. The summed E-state index contributed by atoms with van der Waals surface area (Å²) in [5.74, 6) is 2.31. The third-order valence-electron chi connectivity index (χ3n) is 6.33.